The van der Waals surface area contributed by atoms with E-state index in [9.17, 15) is 0 Å². The van der Waals surface area contributed by atoms with Gasteiger partial charge in [-0.25, -0.2) is 0 Å². The molecule has 1 aromatic carbocycles. The van der Waals surface area contributed by atoms with E-state index in [0.29, 0.717) is 6.04 Å². The van der Waals surface area contributed by atoms with Gasteiger partial charge < -0.3 is 14.8 Å². The summed E-state index contributed by atoms with van der Waals surface area (Å²) in [5.74, 6) is 0.886. The van der Waals surface area contributed by atoms with Crippen LogP contribution in [0.2, 0.25) is 0 Å². The predicted octanol–water partition coefficient (Wildman–Crippen LogP) is 3.31. The Kier molecular flexibility index (Phi) is 6.38. The number of benzene rings is 1. The van der Waals surface area contributed by atoms with Crippen molar-refractivity contribution < 1.29 is 9.47 Å². The summed E-state index contributed by atoms with van der Waals surface area (Å²) >= 11 is 1.72. The van der Waals surface area contributed by atoms with Crippen molar-refractivity contribution in [3.8, 4) is 16.3 Å². The fraction of sp³-hybridized carbons (Fsp3) is 0.381. The van der Waals surface area contributed by atoms with Gasteiger partial charge in [-0.1, -0.05) is 18.2 Å². The molecule has 3 aromatic rings. The average molecular weight is 399 g/mol. The van der Waals surface area contributed by atoms with Gasteiger partial charge >= 0.3 is 0 Å². The van der Waals surface area contributed by atoms with Gasteiger partial charge in [0.05, 0.1) is 37.1 Å². The summed E-state index contributed by atoms with van der Waals surface area (Å²) in [5, 5.41) is 13.1. The van der Waals surface area contributed by atoms with Crippen molar-refractivity contribution in [1.29, 1.82) is 0 Å². The molecule has 2 aromatic heterocycles. The second-order valence-electron chi connectivity index (χ2n) is 6.82. The molecule has 0 bridgehead atoms. The first-order chi connectivity index (χ1) is 13.8. The van der Waals surface area contributed by atoms with E-state index < -0.39 is 0 Å². The van der Waals surface area contributed by atoms with Crippen molar-refractivity contribution in [1.82, 2.24) is 20.4 Å². The topological polar surface area (TPSA) is 62.4 Å². The van der Waals surface area contributed by atoms with Gasteiger partial charge in [-0.2, -0.15) is 5.10 Å². The molecule has 1 unspecified atom stereocenters. The van der Waals surface area contributed by atoms with E-state index >= 15 is 0 Å². The van der Waals surface area contributed by atoms with E-state index in [1.54, 1.807) is 18.4 Å². The monoisotopic (exact) mass is 398 g/mol. The van der Waals surface area contributed by atoms with Crippen LogP contribution in [0.15, 0.2) is 48.0 Å². The highest BCUT2D eigenvalue weighted by Crippen LogP contribution is 2.27. The number of methoxy groups -OCH3 is 1. The van der Waals surface area contributed by atoms with Gasteiger partial charge in [0.1, 0.15) is 5.75 Å². The lowest BCUT2D eigenvalue weighted by molar-refractivity contribution is 0.0161. The molecule has 7 heteroatoms. The van der Waals surface area contributed by atoms with Gasteiger partial charge in [0.2, 0.25) is 0 Å². The second kappa shape index (κ2) is 9.34. The third-order valence-corrected chi connectivity index (χ3v) is 6.01. The molecule has 1 saturated heterocycles. The first-order valence-corrected chi connectivity index (χ1v) is 10.5. The summed E-state index contributed by atoms with van der Waals surface area (Å²) in [6.45, 7) is 5.12. The van der Waals surface area contributed by atoms with E-state index in [1.165, 1.54) is 16.0 Å². The quantitative estimate of drug-likeness (QED) is 0.610. The number of nitrogens with one attached hydrogen (secondary N) is 2. The van der Waals surface area contributed by atoms with Crippen molar-refractivity contribution in [2.45, 2.75) is 12.6 Å². The molecule has 148 valence electrons. The number of H-pyrrole nitrogens is 1. The van der Waals surface area contributed by atoms with Gasteiger partial charge in [-0.05, 0) is 29.1 Å². The first kappa shape index (κ1) is 19.1. The summed E-state index contributed by atoms with van der Waals surface area (Å²) < 4.78 is 10.9. The number of hydrogen-bond acceptors (Lipinski definition) is 6. The number of thiophene rings is 1. The predicted molar refractivity (Wildman–Crippen MR) is 112 cm³/mol. The Morgan fingerprint density at radius 3 is 2.79 bits per heavy atom. The van der Waals surface area contributed by atoms with Gasteiger partial charge in [-0.15, -0.1) is 11.3 Å². The van der Waals surface area contributed by atoms with E-state index in [0.717, 1.165) is 50.8 Å². The number of nitrogens with zero attached hydrogens (tertiary/aromatic N) is 2. The average Bonchev–Trinajstić information content (AvgIpc) is 3.44. The van der Waals surface area contributed by atoms with Crippen molar-refractivity contribution in [3.63, 3.8) is 0 Å². The van der Waals surface area contributed by atoms with Crippen molar-refractivity contribution in [2.24, 2.45) is 0 Å². The summed E-state index contributed by atoms with van der Waals surface area (Å²) in [4.78, 5) is 3.71. The molecule has 4 rings (SSSR count). The van der Waals surface area contributed by atoms with Gasteiger partial charge in [0, 0.05) is 37.8 Å². The molecule has 0 aliphatic carbocycles. The smallest absolute Gasteiger partial charge is 0.118 e. The van der Waals surface area contributed by atoms with E-state index in [-0.39, 0.29) is 0 Å². The zero-order valence-corrected chi connectivity index (χ0v) is 16.9. The molecule has 3 heterocycles. The Balaban J connectivity index is 1.44. The summed E-state index contributed by atoms with van der Waals surface area (Å²) in [5.41, 5.74) is 3.59. The Morgan fingerprint density at radius 1 is 1.25 bits per heavy atom. The molecule has 6 nitrogen and oxygen atoms in total. The standard InChI is InChI=1S/C21H26N4O2S/c1-26-18-6-4-16(5-7-18)19(25-8-10-27-11-9-25)15-22-13-17-14-23-24-21(17)20-3-2-12-28-20/h2-7,12,14,19,22H,8-11,13,15H2,1H3,(H,23,24). The second-order valence-corrected chi connectivity index (χ2v) is 7.76. The highest BCUT2D eigenvalue weighted by Gasteiger charge is 2.22. The zero-order chi connectivity index (χ0) is 19.2. The van der Waals surface area contributed by atoms with Crippen LogP contribution in [-0.4, -0.2) is 55.1 Å². The van der Waals surface area contributed by atoms with Crippen LogP contribution >= 0.6 is 11.3 Å². The number of aromatic nitrogens is 2. The summed E-state index contributed by atoms with van der Waals surface area (Å²) in [6.07, 6.45) is 1.92. The molecule has 0 amide bonds. The normalized spacial score (nSPS) is 16.2. The third kappa shape index (κ3) is 4.44. The lowest BCUT2D eigenvalue weighted by Crippen LogP contribution is -2.42. The maximum absolute atomic E-state index is 5.55. The molecular weight excluding hydrogens is 372 g/mol. The number of rotatable bonds is 8. The molecule has 0 radical (unpaired) electrons. The zero-order valence-electron chi connectivity index (χ0n) is 16.1. The Hall–Kier alpha value is -2.19. The molecule has 28 heavy (non-hydrogen) atoms. The molecule has 1 aliphatic rings. The molecule has 0 spiro atoms. The maximum atomic E-state index is 5.55. The van der Waals surface area contributed by atoms with Crippen LogP contribution in [0.4, 0.5) is 0 Å². The molecule has 1 fully saturated rings. The van der Waals surface area contributed by atoms with E-state index in [4.69, 9.17) is 9.47 Å². The van der Waals surface area contributed by atoms with Crippen molar-refractivity contribution in [3.05, 3.63) is 59.1 Å². The van der Waals surface area contributed by atoms with Crippen molar-refractivity contribution >= 4 is 11.3 Å². The van der Waals surface area contributed by atoms with Gasteiger partial charge in [-0.3, -0.25) is 10.00 Å². The van der Waals surface area contributed by atoms with Crippen LogP contribution < -0.4 is 10.1 Å². The van der Waals surface area contributed by atoms with E-state index in [2.05, 4.69) is 50.1 Å². The highest BCUT2D eigenvalue weighted by atomic mass is 32.1. The lowest BCUT2D eigenvalue weighted by atomic mass is 10.0. The lowest BCUT2D eigenvalue weighted by Gasteiger charge is -2.35. The molecular formula is C21H26N4O2S. The Labute approximate surface area is 169 Å². The van der Waals surface area contributed by atoms with Crippen LogP contribution in [0.25, 0.3) is 10.6 Å². The highest BCUT2D eigenvalue weighted by molar-refractivity contribution is 7.13. The summed E-state index contributed by atoms with van der Waals surface area (Å²) in [7, 11) is 1.70. The van der Waals surface area contributed by atoms with Crippen LogP contribution in [0.5, 0.6) is 5.75 Å². The maximum Gasteiger partial charge on any atom is 0.118 e. The first-order valence-electron chi connectivity index (χ1n) is 9.57. The number of aromatic amines is 1. The minimum Gasteiger partial charge on any atom is -0.497 e. The summed E-state index contributed by atoms with van der Waals surface area (Å²) in [6, 6.07) is 12.9. The van der Waals surface area contributed by atoms with Crippen LogP contribution in [0, 0.1) is 0 Å². The Morgan fingerprint density at radius 2 is 2.07 bits per heavy atom. The minimum atomic E-state index is 0.298. The third-order valence-electron chi connectivity index (χ3n) is 5.13. The molecule has 2 N–H and O–H groups in total. The van der Waals surface area contributed by atoms with Crippen molar-refractivity contribution in [2.75, 3.05) is 40.0 Å². The number of hydrogen-bond donors (Lipinski definition) is 2. The largest absolute Gasteiger partial charge is 0.497 e. The molecule has 0 saturated carbocycles. The fourth-order valence-corrected chi connectivity index (χ4v) is 4.35. The molecule has 1 atom stereocenters. The van der Waals surface area contributed by atoms with Gasteiger partial charge in [0.25, 0.3) is 0 Å². The number of morpholine rings is 1. The van der Waals surface area contributed by atoms with Crippen LogP contribution in [-0.2, 0) is 11.3 Å². The fourth-order valence-electron chi connectivity index (χ4n) is 3.60. The van der Waals surface area contributed by atoms with E-state index in [1.807, 2.05) is 18.3 Å². The minimum absolute atomic E-state index is 0.298. The number of ether oxygens (including phenoxy) is 2. The van der Waals surface area contributed by atoms with Gasteiger partial charge in [0.15, 0.2) is 0 Å². The van der Waals surface area contributed by atoms with Crippen LogP contribution in [0.3, 0.4) is 0 Å². The Bertz CT molecular complexity index is 842. The SMILES string of the molecule is COc1ccc(C(CNCc2cn[nH]c2-c2cccs2)N2CCOCC2)cc1. The van der Waals surface area contributed by atoms with Crippen LogP contribution in [0.1, 0.15) is 17.2 Å². The molecule has 1 aliphatic heterocycles.